The van der Waals surface area contributed by atoms with E-state index in [0.29, 0.717) is 40.4 Å². The van der Waals surface area contributed by atoms with Gasteiger partial charge in [-0.25, -0.2) is 9.78 Å². The standard InChI is InChI=1S/C21H24N2O4S/c1-13(2)11-27-21(25)18-15(4)17-19(28-18)22-12-23(20(17)24)8-9-26-16-7-5-6-14(3)10-16/h5-7,10,12-13H,8-9,11H2,1-4H3. The van der Waals surface area contributed by atoms with Crippen molar-refractivity contribution in [2.24, 2.45) is 5.92 Å². The summed E-state index contributed by atoms with van der Waals surface area (Å²) < 4.78 is 12.6. The van der Waals surface area contributed by atoms with E-state index in [-0.39, 0.29) is 11.5 Å². The number of hydrogen-bond donors (Lipinski definition) is 0. The van der Waals surface area contributed by atoms with Crippen LogP contribution in [0, 0.1) is 19.8 Å². The largest absolute Gasteiger partial charge is 0.492 e. The zero-order valence-electron chi connectivity index (χ0n) is 16.5. The molecule has 0 saturated carbocycles. The molecule has 0 atom stereocenters. The van der Waals surface area contributed by atoms with Crippen LogP contribution in [0.2, 0.25) is 0 Å². The molecule has 2 heterocycles. The number of thiophene rings is 1. The van der Waals surface area contributed by atoms with Crippen LogP contribution < -0.4 is 10.3 Å². The smallest absolute Gasteiger partial charge is 0.348 e. The molecule has 1 aromatic carbocycles. The number of carbonyl (C=O) groups is 1. The molecule has 0 N–H and O–H groups in total. The summed E-state index contributed by atoms with van der Waals surface area (Å²) in [7, 11) is 0. The Kier molecular flexibility index (Phi) is 6.14. The van der Waals surface area contributed by atoms with E-state index in [1.54, 1.807) is 6.92 Å². The van der Waals surface area contributed by atoms with Crippen LogP contribution in [0.15, 0.2) is 35.4 Å². The van der Waals surface area contributed by atoms with E-state index in [4.69, 9.17) is 9.47 Å². The van der Waals surface area contributed by atoms with E-state index < -0.39 is 5.97 Å². The second kappa shape index (κ2) is 8.56. The lowest BCUT2D eigenvalue weighted by molar-refractivity contribution is 0.0464. The number of aromatic nitrogens is 2. The van der Waals surface area contributed by atoms with E-state index in [1.165, 1.54) is 22.2 Å². The Morgan fingerprint density at radius 1 is 1.29 bits per heavy atom. The quantitative estimate of drug-likeness (QED) is 0.561. The zero-order chi connectivity index (χ0) is 20.3. The summed E-state index contributed by atoms with van der Waals surface area (Å²) in [5, 5.41) is 0.472. The van der Waals surface area contributed by atoms with Crippen molar-refractivity contribution in [1.82, 2.24) is 9.55 Å². The molecule has 0 saturated heterocycles. The zero-order valence-corrected chi connectivity index (χ0v) is 17.3. The summed E-state index contributed by atoms with van der Waals surface area (Å²) >= 11 is 1.20. The number of benzene rings is 1. The fraction of sp³-hybridized carbons (Fsp3) is 0.381. The van der Waals surface area contributed by atoms with E-state index in [1.807, 2.05) is 45.0 Å². The van der Waals surface area contributed by atoms with Crippen molar-refractivity contribution in [1.29, 1.82) is 0 Å². The Labute approximate surface area is 167 Å². The summed E-state index contributed by atoms with van der Waals surface area (Å²) in [5.41, 5.74) is 1.57. The maximum atomic E-state index is 12.9. The normalized spacial score (nSPS) is 11.2. The Morgan fingerprint density at radius 2 is 2.07 bits per heavy atom. The number of carbonyl (C=O) groups excluding carboxylic acids is 1. The maximum absolute atomic E-state index is 12.9. The van der Waals surface area contributed by atoms with Gasteiger partial charge in [-0.15, -0.1) is 11.3 Å². The fourth-order valence-electron chi connectivity index (χ4n) is 2.79. The highest BCUT2D eigenvalue weighted by atomic mass is 32.1. The summed E-state index contributed by atoms with van der Waals surface area (Å²) in [6.45, 7) is 8.79. The van der Waals surface area contributed by atoms with Crippen molar-refractivity contribution in [3.63, 3.8) is 0 Å². The predicted molar refractivity (Wildman–Crippen MR) is 110 cm³/mol. The second-order valence-electron chi connectivity index (χ2n) is 7.14. The molecule has 0 radical (unpaired) electrons. The number of rotatable bonds is 7. The van der Waals surface area contributed by atoms with Crippen LogP contribution in [0.4, 0.5) is 0 Å². The molecule has 0 aliphatic carbocycles. The summed E-state index contributed by atoms with van der Waals surface area (Å²) in [6.07, 6.45) is 1.50. The van der Waals surface area contributed by atoms with Crippen molar-refractivity contribution in [3.05, 3.63) is 57.0 Å². The molecule has 0 unspecified atom stereocenters. The van der Waals surface area contributed by atoms with Crippen LogP contribution in [0.5, 0.6) is 5.75 Å². The predicted octanol–water partition coefficient (Wildman–Crippen LogP) is 3.97. The number of fused-ring (bicyclic) bond motifs is 1. The highest BCUT2D eigenvalue weighted by molar-refractivity contribution is 7.20. The molecule has 0 bridgehead atoms. The molecule has 6 nitrogen and oxygen atoms in total. The van der Waals surface area contributed by atoms with Crippen LogP contribution in [0.1, 0.15) is 34.6 Å². The van der Waals surface area contributed by atoms with Gasteiger partial charge in [0.15, 0.2) is 0 Å². The second-order valence-corrected chi connectivity index (χ2v) is 8.14. The fourth-order valence-corrected chi connectivity index (χ4v) is 3.82. The highest BCUT2D eigenvalue weighted by Crippen LogP contribution is 2.27. The SMILES string of the molecule is Cc1cccc(OCCn2cnc3sc(C(=O)OCC(C)C)c(C)c3c2=O)c1. The number of esters is 1. The van der Waals surface area contributed by atoms with E-state index in [2.05, 4.69) is 4.98 Å². The van der Waals surface area contributed by atoms with Crippen LogP contribution in [-0.2, 0) is 11.3 Å². The van der Waals surface area contributed by atoms with Gasteiger partial charge in [0, 0.05) is 0 Å². The summed E-state index contributed by atoms with van der Waals surface area (Å²) in [6, 6.07) is 7.76. The number of aryl methyl sites for hydroxylation is 2. The van der Waals surface area contributed by atoms with Crippen molar-refractivity contribution < 1.29 is 14.3 Å². The van der Waals surface area contributed by atoms with Gasteiger partial charge in [-0.3, -0.25) is 9.36 Å². The first-order chi connectivity index (χ1) is 13.4. The number of hydrogen-bond acceptors (Lipinski definition) is 6. The molecule has 3 rings (SSSR count). The number of ether oxygens (including phenoxy) is 2. The first-order valence-electron chi connectivity index (χ1n) is 9.22. The van der Waals surface area contributed by atoms with Crippen LogP contribution in [-0.4, -0.2) is 28.7 Å². The van der Waals surface area contributed by atoms with Gasteiger partial charge in [-0.2, -0.15) is 0 Å². The van der Waals surface area contributed by atoms with Crippen molar-refractivity contribution >= 4 is 27.5 Å². The van der Waals surface area contributed by atoms with Crippen LogP contribution in [0.3, 0.4) is 0 Å². The Bertz CT molecular complexity index is 1050. The van der Waals surface area contributed by atoms with Crippen molar-refractivity contribution in [3.8, 4) is 5.75 Å². The molecule has 0 aliphatic rings. The van der Waals surface area contributed by atoms with Gasteiger partial charge in [-0.05, 0) is 43.0 Å². The van der Waals surface area contributed by atoms with E-state index >= 15 is 0 Å². The van der Waals surface area contributed by atoms with Gasteiger partial charge in [0.1, 0.15) is 22.1 Å². The molecular formula is C21H24N2O4S. The van der Waals surface area contributed by atoms with Crippen LogP contribution in [0.25, 0.3) is 10.2 Å². The molecule has 7 heteroatoms. The summed E-state index contributed by atoms with van der Waals surface area (Å²) in [4.78, 5) is 30.5. The molecular weight excluding hydrogens is 376 g/mol. The third-order valence-electron chi connectivity index (χ3n) is 4.24. The molecule has 3 aromatic rings. The Hall–Kier alpha value is -2.67. The molecule has 0 spiro atoms. The maximum Gasteiger partial charge on any atom is 0.348 e. The molecule has 2 aromatic heterocycles. The minimum atomic E-state index is -0.400. The molecule has 0 fully saturated rings. The molecule has 0 aliphatic heterocycles. The van der Waals surface area contributed by atoms with Gasteiger partial charge < -0.3 is 9.47 Å². The molecule has 28 heavy (non-hydrogen) atoms. The third-order valence-corrected chi connectivity index (χ3v) is 5.42. The molecule has 0 amide bonds. The lowest BCUT2D eigenvalue weighted by Gasteiger charge is -2.08. The third kappa shape index (κ3) is 4.42. The summed E-state index contributed by atoms with van der Waals surface area (Å²) in [5.74, 6) is 0.620. The van der Waals surface area contributed by atoms with Crippen molar-refractivity contribution in [2.75, 3.05) is 13.2 Å². The average Bonchev–Trinajstić information content (AvgIpc) is 2.99. The average molecular weight is 401 g/mol. The van der Waals surface area contributed by atoms with Gasteiger partial charge in [-0.1, -0.05) is 26.0 Å². The first-order valence-corrected chi connectivity index (χ1v) is 10.0. The lowest BCUT2D eigenvalue weighted by atomic mass is 10.2. The van der Waals surface area contributed by atoms with Gasteiger partial charge >= 0.3 is 5.97 Å². The highest BCUT2D eigenvalue weighted by Gasteiger charge is 2.20. The first kappa shape index (κ1) is 20.1. The minimum absolute atomic E-state index is 0.172. The topological polar surface area (TPSA) is 70.4 Å². The van der Waals surface area contributed by atoms with Gasteiger partial charge in [0.2, 0.25) is 0 Å². The minimum Gasteiger partial charge on any atom is -0.492 e. The Morgan fingerprint density at radius 3 is 2.79 bits per heavy atom. The molecule has 148 valence electrons. The van der Waals surface area contributed by atoms with E-state index in [0.717, 1.165) is 11.3 Å². The number of nitrogens with zero attached hydrogens (tertiary/aromatic N) is 2. The Balaban J connectivity index is 1.78. The van der Waals surface area contributed by atoms with Crippen LogP contribution >= 0.6 is 11.3 Å². The van der Waals surface area contributed by atoms with Gasteiger partial charge in [0.25, 0.3) is 5.56 Å². The monoisotopic (exact) mass is 400 g/mol. The van der Waals surface area contributed by atoms with E-state index in [9.17, 15) is 9.59 Å². The van der Waals surface area contributed by atoms with Gasteiger partial charge in [0.05, 0.1) is 24.9 Å². The lowest BCUT2D eigenvalue weighted by Crippen LogP contribution is -2.23. The van der Waals surface area contributed by atoms with Crippen molar-refractivity contribution in [2.45, 2.75) is 34.2 Å².